The van der Waals surface area contributed by atoms with Crippen LogP contribution in [0.25, 0.3) is 0 Å². The average Bonchev–Trinajstić information content (AvgIpc) is 3.36. The van der Waals surface area contributed by atoms with Gasteiger partial charge in [0.25, 0.3) is 0 Å². The first-order valence-electron chi connectivity index (χ1n) is 17.5. The van der Waals surface area contributed by atoms with Gasteiger partial charge in [0.2, 0.25) is 16.6 Å². The summed E-state index contributed by atoms with van der Waals surface area (Å²) >= 11 is 0. The molecule has 0 saturated carbocycles. The van der Waals surface area contributed by atoms with E-state index in [9.17, 15) is 9.90 Å². The number of carbonyl (C=O) groups is 1. The standard InChI is InChI=1S/C38H61N3O7Si2/c1-26(20-28-16-18-30(19-17-28)44-25-33-27(2)39-48-40-33)41(35(43)45-36(3,4)5)24-34(42)29-21-31(46-49(12,13)37(6,7)8)23-32(22-29)47-50(14,15)38(9,10)11/h16-19,21-23,26,34,42H,20,24-25H2,1-15H3/t26-,34-/m0/s1. The van der Waals surface area contributed by atoms with Crippen LogP contribution >= 0.6 is 0 Å². The smallest absolute Gasteiger partial charge is 0.410 e. The number of hydrogen-bond donors (Lipinski definition) is 1. The van der Waals surface area contributed by atoms with Gasteiger partial charge in [0.05, 0.1) is 12.6 Å². The van der Waals surface area contributed by atoms with Crippen LogP contribution in [0.5, 0.6) is 17.2 Å². The van der Waals surface area contributed by atoms with Gasteiger partial charge >= 0.3 is 6.09 Å². The lowest BCUT2D eigenvalue weighted by Gasteiger charge is -2.38. The number of nitrogens with zero attached hydrogens (tertiary/aromatic N) is 3. The molecule has 0 spiro atoms. The monoisotopic (exact) mass is 727 g/mol. The Kier molecular flexibility index (Phi) is 12.7. The Hall–Kier alpha value is -3.36. The summed E-state index contributed by atoms with van der Waals surface area (Å²) in [6.07, 6.45) is -0.987. The molecule has 3 aromatic rings. The van der Waals surface area contributed by atoms with Gasteiger partial charge in [-0.05, 0) is 113 Å². The first kappa shape index (κ1) is 41.1. The van der Waals surface area contributed by atoms with Crippen LogP contribution in [0.1, 0.15) is 97.9 Å². The topological polar surface area (TPSA) is 116 Å². The van der Waals surface area contributed by atoms with Crippen LogP contribution in [-0.4, -0.2) is 61.2 Å². The van der Waals surface area contributed by atoms with Crippen molar-refractivity contribution in [3.05, 3.63) is 65.0 Å². The molecule has 0 fully saturated rings. The van der Waals surface area contributed by atoms with Gasteiger partial charge < -0.3 is 28.3 Å². The van der Waals surface area contributed by atoms with Crippen molar-refractivity contribution >= 4 is 22.7 Å². The minimum Gasteiger partial charge on any atom is -0.543 e. The number of benzene rings is 2. The third-order valence-electron chi connectivity index (χ3n) is 9.75. The van der Waals surface area contributed by atoms with Gasteiger partial charge in [-0.3, -0.25) is 0 Å². The van der Waals surface area contributed by atoms with Gasteiger partial charge in [-0.15, -0.1) is 0 Å². The number of aryl methyl sites for hydroxylation is 1. The first-order valence-corrected chi connectivity index (χ1v) is 23.3. The summed E-state index contributed by atoms with van der Waals surface area (Å²) in [5.74, 6) is 2.01. The molecule has 12 heteroatoms. The van der Waals surface area contributed by atoms with Crippen LogP contribution in [0.2, 0.25) is 36.3 Å². The second kappa shape index (κ2) is 15.5. The Morgan fingerprint density at radius 2 is 1.36 bits per heavy atom. The van der Waals surface area contributed by atoms with Gasteiger partial charge in [-0.1, -0.05) is 64.0 Å². The van der Waals surface area contributed by atoms with Crippen molar-refractivity contribution in [2.75, 3.05) is 6.54 Å². The third-order valence-corrected chi connectivity index (χ3v) is 18.5. The fraction of sp³-hybridized carbons (Fsp3) is 0.605. The molecule has 0 aliphatic carbocycles. The molecule has 0 aliphatic rings. The van der Waals surface area contributed by atoms with Gasteiger partial charge in [-0.2, -0.15) is 0 Å². The van der Waals surface area contributed by atoms with Crippen molar-refractivity contribution in [1.82, 2.24) is 15.2 Å². The Morgan fingerprint density at radius 3 is 1.80 bits per heavy atom. The molecule has 278 valence electrons. The van der Waals surface area contributed by atoms with Crippen molar-refractivity contribution in [1.29, 1.82) is 0 Å². The second-order valence-electron chi connectivity index (χ2n) is 17.4. The van der Waals surface area contributed by atoms with E-state index < -0.39 is 34.4 Å². The summed E-state index contributed by atoms with van der Waals surface area (Å²) in [5, 5.41) is 19.4. The van der Waals surface area contributed by atoms with Gasteiger partial charge in [0, 0.05) is 12.1 Å². The molecule has 3 rings (SSSR count). The Morgan fingerprint density at radius 1 is 0.840 bits per heavy atom. The molecule has 0 radical (unpaired) electrons. The van der Waals surface area contributed by atoms with E-state index in [1.54, 1.807) is 4.90 Å². The molecule has 0 bridgehead atoms. The van der Waals surface area contributed by atoms with Crippen LogP contribution in [0.3, 0.4) is 0 Å². The SMILES string of the molecule is Cc1nonc1COc1ccc(C[C@H](C)N(C[C@H](O)c2cc(O[Si](C)(C)C(C)(C)C)cc(O[Si](C)(C)C(C)(C)C)c2)C(=O)OC(C)(C)C)cc1. The fourth-order valence-corrected chi connectivity index (χ4v) is 6.58. The molecule has 50 heavy (non-hydrogen) atoms. The zero-order valence-corrected chi connectivity index (χ0v) is 35.1. The minimum absolute atomic E-state index is 0.0193. The first-order chi connectivity index (χ1) is 22.8. The highest BCUT2D eigenvalue weighted by molar-refractivity contribution is 6.75. The van der Waals surface area contributed by atoms with E-state index in [-0.39, 0.29) is 29.3 Å². The van der Waals surface area contributed by atoms with E-state index in [0.29, 0.717) is 40.6 Å². The highest BCUT2D eigenvalue weighted by Crippen LogP contribution is 2.41. The third kappa shape index (κ3) is 11.3. The largest absolute Gasteiger partial charge is 0.543 e. The van der Waals surface area contributed by atoms with Crippen molar-refractivity contribution in [3.63, 3.8) is 0 Å². The van der Waals surface area contributed by atoms with Gasteiger partial charge in [0.15, 0.2) is 0 Å². The number of carbonyl (C=O) groups excluding carboxylic acids is 1. The van der Waals surface area contributed by atoms with Crippen LogP contribution in [-0.2, 0) is 17.8 Å². The lowest BCUT2D eigenvalue weighted by atomic mass is 10.0. The molecule has 1 N–H and O–H groups in total. The van der Waals surface area contributed by atoms with Crippen LogP contribution < -0.4 is 13.6 Å². The van der Waals surface area contributed by atoms with Crippen molar-refractivity contribution < 1.29 is 32.9 Å². The summed E-state index contributed by atoms with van der Waals surface area (Å²) in [5.41, 5.74) is 2.24. The molecule has 2 atom stereocenters. The summed E-state index contributed by atoms with van der Waals surface area (Å²) in [6, 6.07) is 13.1. The Balaban J connectivity index is 1.90. The number of amides is 1. The number of hydrogen-bond acceptors (Lipinski definition) is 9. The van der Waals surface area contributed by atoms with E-state index in [4.69, 9.17) is 23.0 Å². The van der Waals surface area contributed by atoms with E-state index in [0.717, 1.165) is 5.56 Å². The predicted molar refractivity (Wildman–Crippen MR) is 203 cm³/mol. The van der Waals surface area contributed by atoms with Gasteiger partial charge in [0.1, 0.15) is 40.8 Å². The lowest BCUT2D eigenvalue weighted by Crippen LogP contribution is -2.45. The molecule has 1 aromatic heterocycles. The number of aromatic nitrogens is 2. The number of aliphatic hydroxyl groups excluding tert-OH is 1. The summed E-state index contributed by atoms with van der Waals surface area (Å²) in [4.78, 5) is 15.3. The quantitative estimate of drug-likeness (QED) is 0.172. The molecule has 0 unspecified atom stereocenters. The molecule has 2 aromatic carbocycles. The van der Waals surface area contributed by atoms with E-state index in [1.165, 1.54) is 0 Å². The number of aliphatic hydroxyl groups is 1. The average molecular weight is 728 g/mol. The maximum absolute atomic E-state index is 13.7. The summed E-state index contributed by atoms with van der Waals surface area (Å²) < 4.78 is 29.9. The number of ether oxygens (including phenoxy) is 2. The zero-order chi connectivity index (χ0) is 37.9. The number of rotatable bonds is 13. The molecule has 1 amide bonds. The molecule has 1 heterocycles. The highest BCUT2D eigenvalue weighted by Gasteiger charge is 2.41. The van der Waals surface area contributed by atoms with Crippen LogP contribution in [0.4, 0.5) is 4.79 Å². The van der Waals surface area contributed by atoms with Crippen LogP contribution in [0, 0.1) is 6.92 Å². The fourth-order valence-electron chi connectivity index (χ4n) is 4.55. The lowest BCUT2D eigenvalue weighted by molar-refractivity contribution is 0.00546. The molecule has 0 aliphatic heterocycles. The molecular weight excluding hydrogens is 667 g/mol. The molecule has 0 saturated heterocycles. The minimum atomic E-state index is -2.22. The van der Waals surface area contributed by atoms with Crippen molar-refractivity contribution in [2.45, 2.75) is 143 Å². The van der Waals surface area contributed by atoms with Gasteiger partial charge in [-0.25, -0.2) is 9.42 Å². The maximum atomic E-state index is 13.7. The van der Waals surface area contributed by atoms with Crippen molar-refractivity contribution in [3.8, 4) is 17.2 Å². The Labute approximate surface area is 302 Å². The molecular formula is C38H61N3O7Si2. The molecule has 10 nitrogen and oxygen atoms in total. The highest BCUT2D eigenvalue weighted by atomic mass is 28.4. The van der Waals surface area contributed by atoms with E-state index in [1.807, 2.05) is 77.1 Å². The predicted octanol–water partition coefficient (Wildman–Crippen LogP) is 9.63. The van der Waals surface area contributed by atoms with Crippen LogP contribution in [0.15, 0.2) is 47.1 Å². The zero-order valence-electron chi connectivity index (χ0n) is 33.1. The summed E-state index contributed by atoms with van der Waals surface area (Å²) in [7, 11) is -4.43. The van der Waals surface area contributed by atoms with Crippen molar-refractivity contribution in [2.24, 2.45) is 0 Å². The second-order valence-corrected chi connectivity index (χ2v) is 26.8. The van der Waals surface area contributed by atoms with E-state index in [2.05, 4.69) is 78.0 Å². The normalized spacial score (nSPS) is 14.2. The maximum Gasteiger partial charge on any atom is 0.410 e. The Bertz CT molecular complexity index is 1520. The van der Waals surface area contributed by atoms with E-state index >= 15 is 0 Å². The summed E-state index contributed by atoms with van der Waals surface area (Å²) in [6.45, 7) is 31.5.